The topological polar surface area (TPSA) is 65.7 Å². The van der Waals surface area contributed by atoms with E-state index in [-0.39, 0.29) is 0 Å². The smallest absolute Gasteiger partial charge is 0.203 e. The molecule has 0 unspecified atom stereocenters. The van der Waals surface area contributed by atoms with Gasteiger partial charge in [-0.05, 0) is 17.7 Å². The van der Waals surface area contributed by atoms with Gasteiger partial charge in [0.25, 0.3) is 0 Å². The third-order valence-electron chi connectivity index (χ3n) is 2.37. The zero-order valence-corrected chi connectivity index (χ0v) is 10.6. The van der Waals surface area contributed by atoms with Crippen molar-refractivity contribution < 1.29 is 14.2 Å². The van der Waals surface area contributed by atoms with Crippen LogP contribution in [0.4, 0.5) is 0 Å². The van der Waals surface area contributed by atoms with Gasteiger partial charge in [0.1, 0.15) is 0 Å². The molecule has 5 heteroatoms. The van der Waals surface area contributed by atoms with Crippen LogP contribution in [0.5, 0.6) is 17.2 Å². The van der Waals surface area contributed by atoms with E-state index in [0.717, 1.165) is 12.1 Å². The molecule has 96 valence electrons. The maximum absolute atomic E-state index is 5.42. The highest BCUT2D eigenvalue weighted by Crippen LogP contribution is 2.38. The molecule has 0 saturated heterocycles. The highest BCUT2D eigenvalue weighted by atomic mass is 16.5. The molecule has 0 fully saturated rings. The molecule has 3 N–H and O–H groups in total. The van der Waals surface area contributed by atoms with Crippen molar-refractivity contribution in [1.82, 2.24) is 5.32 Å². The number of methoxy groups -OCH3 is 3. The molecule has 0 aliphatic heterocycles. The van der Waals surface area contributed by atoms with Gasteiger partial charge in [-0.15, -0.1) is 0 Å². The molecule has 1 rings (SSSR count). The minimum Gasteiger partial charge on any atom is -0.493 e. The molecule has 0 amide bonds. The van der Waals surface area contributed by atoms with Crippen LogP contribution in [-0.4, -0.2) is 34.4 Å². The van der Waals surface area contributed by atoms with Crippen molar-refractivity contribution in [2.75, 3.05) is 34.4 Å². The molecule has 0 heterocycles. The van der Waals surface area contributed by atoms with Crippen LogP contribution in [-0.2, 0) is 6.54 Å². The van der Waals surface area contributed by atoms with E-state index in [4.69, 9.17) is 19.9 Å². The second-order valence-electron chi connectivity index (χ2n) is 3.50. The van der Waals surface area contributed by atoms with Crippen molar-refractivity contribution in [3.63, 3.8) is 0 Å². The molecule has 0 atom stereocenters. The van der Waals surface area contributed by atoms with Gasteiger partial charge in [0.2, 0.25) is 5.75 Å². The largest absolute Gasteiger partial charge is 0.493 e. The van der Waals surface area contributed by atoms with Gasteiger partial charge in [0, 0.05) is 19.6 Å². The molecule has 0 spiro atoms. The Hall–Kier alpha value is -1.46. The van der Waals surface area contributed by atoms with Crippen LogP contribution < -0.4 is 25.3 Å². The highest BCUT2D eigenvalue weighted by Gasteiger charge is 2.12. The van der Waals surface area contributed by atoms with Crippen LogP contribution in [0.3, 0.4) is 0 Å². The first kappa shape index (κ1) is 13.6. The molecule has 1 aromatic carbocycles. The summed E-state index contributed by atoms with van der Waals surface area (Å²) in [5.41, 5.74) is 6.48. The van der Waals surface area contributed by atoms with Gasteiger partial charge >= 0.3 is 0 Å². The quantitative estimate of drug-likeness (QED) is 0.689. The SMILES string of the molecule is COc1cc(CNCCN)cc(OC)c1OC. The molecular formula is C12H20N2O3. The average Bonchev–Trinajstić information content (AvgIpc) is 2.37. The summed E-state index contributed by atoms with van der Waals surface area (Å²) in [6.45, 7) is 2.11. The van der Waals surface area contributed by atoms with Crippen LogP contribution in [0, 0.1) is 0 Å². The molecule has 1 aromatic rings. The Balaban J connectivity index is 2.92. The number of ether oxygens (including phenoxy) is 3. The van der Waals surface area contributed by atoms with Crippen LogP contribution in [0.2, 0.25) is 0 Å². The van der Waals surface area contributed by atoms with E-state index < -0.39 is 0 Å². The fourth-order valence-corrected chi connectivity index (χ4v) is 1.57. The summed E-state index contributed by atoms with van der Waals surface area (Å²) in [7, 11) is 4.80. The fourth-order valence-electron chi connectivity index (χ4n) is 1.57. The molecule has 0 bridgehead atoms. The lowest BCUT2D eigenvalue weighted by Gasteiger charge is -2.14. The first-order chi connectivity index (χ1) is 8.26. The van der Waals surface area contributed by atoms with Crippen molar-refractivity contribution in [3.05, 3.63) is 17.7 Å². The van der Waals surface area contributed by atoms with E-state index in [2.05, 4.69) is 5.32 Å². The van der Waals surface area contributed by atoms with Gasteiger partial charge in [-0.25, -0.2) is 0 Å². The summed E-state index contributed by atoms with van der Waals surface area (Å²) in [6.07, 6.45) is 0. The van der Waals surface area contributed by atoms with Gasteiger partial charge in [-0.2, -0.15) is 0 Å². The molecule has 0 aliphatic carbocycles. The Morgan fingerprint density at radius 1 is 1.06 bits per heavy atom. The summed E-state index contributed by atoms with van der Waals surface area (Å²) < 4.78 is 15.8. The Labute approximate surface area is 102 Å². The normalized spacial score (nSPS) is 10.1. The van der Waals surface area contributed by atoms with Crippen LogP contribution in [0.1, 0.15) is 5.56 Å². The minimum absolute atomic E-state index is 0.609. The predicted molar refractivity (Wildman–Crippen MR) is 66.9 cm³/mol. The maximum atomic E-state index is 5.42. The second kappa shape index (κ2) is 6.98. The van der Waals surface area contributed by atoms with Crippen molar-refractivity contribution >= 4 is 0 Å². The van der Waals surface area contributed by atoms with Crippen LogP contribution in [0.15, 0.2) is 12.1 Å². The lowest BCUT2D eigenvalue weighted by molar-refractivity contribution is 0.323. The Bertz CT molecular complexity index is 331. The zero-order chi connectivity index (χ0) is 12.7. The number of nitrogens with two attached hydrogens (primary N) is 1. The summed E-state index contributed by atoms with van der Waals surface area (Å²) in [5, 5.41) is 3.21. The molecule has 0 aliphatic rings. The Morgan fingerprint density at radius 2 is 1.65 bits per heavy atom. The van der Waals surface area contributed by atoms with E-state index in [1.807, 2.05) is 12.1 Å². The van der Waals surface area contributed by atoms with Crippen molar-refractivity contribution in [2.45, 2.75) is 6.54 Å². The highest BCUT2D eigenvalue weighted by molar-refractivity contribution is 5.53. The van der Waals surface area contributed by atoms with Gasteiger partial charge < -0.3 is 25.3 Å². The number of hydrogen-bond acceptors (Lipinski definition) is 5. The number of benzene rings is 1. The van der Waals surface area contributed by atoms with Crippen LogP contribution in [0.25, 0.3) is 0 Å². The number of hydrogen-bond donors (Lipinski definition) is 2. The third kappa shape index (κ3) is 3.51. The van der Waals surface area contributed by atoms with Gasteiger partial charge in [0.15, 0.2) is 11.5 Å². The summed E-state index contributed by atoms with van der Waals surface area (Å²) >= 11 is 0. The minimum atomic E-state index is 0.609. The zero-order valence-electron chi connectivity index (χ0n) is 10.6. The monoisotopic (exact) mass is 240 g/mol. The number of rotatable bonds is 7. The average molecular weight is 240 g/mol. The fraction of sp³-hybridized carbons (Fsp3) is 0.500. The maximum Gasteiger partial charge on any atom is 0.203 e. The van der Waals surface area contributed by atoms with Crippen molar-refractivity contribution in [2.24, 2.45) is 5.73 Å². The lowest BCUT2D eigenvalue weighted by Crippen LogP contribution is -2.21. The second-order valence-corrected chi connectivity index (χ2v) is 3.50. The first-order valence-electron chi connectivity index (χ1n) is 5.46. The molecular weight excluding hydrogens is 220 g/mol. The van der Waals surface area contributed by atoms with E-state index in [1.165, 1.54) is 0 Å². The van der Waals surface area contributed by atoms with E-state index in [0.29, 0.717) is 30.3 Å². The standard InChI is InChI=1S/C12H20N2O3/c1-15-10-6-9(8-14-5-4-13)7-11(16-2)12(10)17-3/h6-7,14H,4-5,8,13H2,1-3H3. The molecule has 5 nitrogen and oxygen atoms in total. The summed E-state index contributed by atoms with van der Waals surface area (Å²) in [6, 6.07) is 3.84. The third-order valence-corrected chi connectivity index (χ3v) is 2.37. The van der Waals surface area contributed by atoms with E-state index in [1.54, 1.807) is 21.3 Å². The van der Waals surface area contributed by atoms with Crippen LogP contribution >= 0.6 is 0 Å². The van der Waals surface area contributed by atoms with E-state index in [9.17, 15) is 0 Å². The molecule has 0 saturated carbocycles. The van der Waals surface area contributed by atoms with Crippen molar-refractivity contribution in [3.8, 4) is 17.2 Å². The Kier molecular flexibility index (Phi) is 5.59. The Morgan fingerprint density at radius 3 is 2.06 bits per heavy atom. The van der Waals surface area contributed by atoms with Gasteiger partial charge in [-0.3, -0.25) is 0 Å². The van der Waals surface area contributed by atoms with Gasteiger partial charge in [-0.1, -0.05) is 0 Å². The summed E-state index contributed by atoms with van der Waals surface area (Å²) in [5.74, 6) is 1.94. The molecule has 0 radical (unpaired) electrons. The first-order valence-corrected chi connectivity index (χ1v) is 5.46. The molecule has 0 aromatic heterocycles. The van der Waals surface area contributed by atoms with Crippen molar-refractivity contribution in [1.29, 1.82) is 0 Å². The number of nitrogens with one attached hydrogen (secondary N) is 1. The lowest BCUT2D eigenvalue weighted by atomic mass is 10.2. The van der Waals surface area contributed by atoms with E-state index >= 15 is 0 Å². The molecule has 17 heavy (non-hydrogen) atoms. The predicted octanol–water partition coefficient (Wildman–Crippen LogP) is 0.761. The van der Waals surface area contributed by atoms with Gasteiger partial charge in [0.05, 0.1) is 21.3 Å². The summed E-state index contributed by atoms with van der Waals surface area (Å²) in [4.78, 5) is 0.